The average molecular weight is 307 g/mol. The van der Waals surface area contributed by atoms with Gasteiger partial charge in [0, 0.05) is 17.3 Å². The zero-order valence-electron chi connectivity index (χ0n) is 8.42. The molecular formula is C11H10BrClFNO. The van der Waals surface area contributed by atoms with Crippen molar-refractivity contribution in [1.82, 2.24) is 0 Å². The van der Waals surface area contributed by atoms with Crippen molar-refractivity contribution < 1.29 is 9.18 Å². The maximum atomic E-state index is 13.2. The van der Waals surface area contributed by atoms with Crippen LogP contribution < -0.4 is 4.90 Å². The maximum absolute atomic E-state index is 13.2. The number of amides is 1. The molecule has 16 heavy (non-hydrogen) atoms. The second-order valence-corrected chi connectivity index (χ2v) is 5.27. The summed E-state index contributed by atoms with van der Waals surface area (Å²) in [5, 5.41) is 0.305. The Balaban J connectivity index is 2.32. The van der Waals surface area contributed by atoms with Crippen molar-refractivity contribution in [1.29, 1.82) is 0 Å². The Morgan fingerprint density at radius 3 is 2.88 bits per heavy atom. The van der Waals surface area contributed by atoms with Gasteiger partial charge in [-0.3, -0.25) is 4.79 Å². The van der Waals surface area contributed by atoms with E-state index in [4.69, 9.17) is 11.6 Å². The van der Waals surface area contributed by atoms with Gasteiger partial charge in [-0.25, -0.2) is 4.39 Å². The van der Waals surface area contributed by atoms with Gasteiger partial charge in [0.1, 0.15) is 5.82 Å². The van der Waals surface area contributed by atoms with Crippen LogP contribution in [0.2, 0.25) is 5.02 Å². The number of carbonyl (C=O) groups is 1. The minimum atomic E-state index is -0.424. The molecule has 1 saturated heterocycles. The molecule has 2 nitrogen and oxygen atoms in total. The number of piperidine rings is 1. The molecule has 0 radical (unpaired) electrons. The summed E-state index contributed by atoms with van der Waals surface area (Å²) >= 11 is 9.07. The second kappa shape index (κ2) is 4.72. The maximum Gasteiger partial charge on any atom is 0.240 e. The highest BCUT2D eigenvalue weighted by molar-refractivity contribution is 9.10. The minimum absolute atomic E-state index is 0.0343. The number of anilines is 1. The van der Waals surface area contributed by atoms with E-state index < -0.39 is 5.82 Å². The predicted molar refractivity (Wildman–Crippen MR) is 65.7 cm³/mol. The van der Waals surface area contributed by atoms with E-state index in [1.165, 1.54) is 12.1 Å². The second-order valence-electron chi connectivity index (χ2n) is 3.73. The van der Waals surface area contributed by atoms with Crippen LogP contribution in [0, 0.1) is 5.82 Å². The molecule has 0 aromatic heterocycles. The van der Waals surface area contributed by atoms with Crippen LogP contribution >= 0.6 is 27.5 Å². The Hall–Kier alpha value is -0.610. The van der Waals surface area contributed by atoms with Gasteiger partial charge in [-0.05, 0) is 31.0 Å². The topological polar surface area (TPSA) is 20.3 Å². The van der Waals surface area contributed by atoms with E-state index in [-0.39, 0.29) is 10.7 Å². The average Bonchev–Trinajstić information content (AvgIpc) is 2.20. The molecule has 1 aromatic rings. The summed E-state index contributed by atoms with van der Waals surface area (Å²) in [6.07, 6.45) is 1.72. The first kappa shape index (κ1) is 11.9. The molecule has 0 saturated carbocycles. The van der Waals surface area contributed by atoms with Crippen LogP contribution in [0.25, 0.3) is 0 Å². The molecule has 1 fully saturated rings. The van der Waals surface area contributed by atoms with Gasteiger partial charge in [-0.15, -0.1) is 0 Å². The molecule has 1 aliphatic heterocycles. The van der Waals surface area contributed by atoms with E-state index in [2.05, 4.69) is 15.9 Å². The van der Waals surface area contributed by atoms with E-state index >= 15 is 0 Å². The molecule has 1 unspecified atom stereocenters. The Morgan fingerprint density at radius 1 is 1.44 bits per heavy atom. The predicted octanol–water partition coefficient (Wildman–Crippen LogP) is 3.37. The van der Waals surface area contributed by atoms with Crippen LogP contribution in [0.4, 0.5) is 10.1 Å². The molecule has 1 atom stereocenters. The molecule has 1 heterocycles. The van der Waals surface area contributed by atoms with Gasteiger partial charge >= 0.3 is 0 Å². The summed E-state index contributed by atoms with van der Waals surface area (Å²) in [7, 11) is 0. The Bertz CT molecular complexity index is 406. The van der Waals surface area contributed by atoms with Crippen LogP contribution in [0.15, 0.2) is 18.2 Å². The molecule has 0 N–H and O–H groups in total. The fourth-order valence-corrected chi connectivity index (χ4v) is 2.57. The first-order valence-corrected chi connectivity index (χ1v) is 6.29. The van der Waals surface area contributed by atoms with Crippen molar-refractivity contribution in [3.63, 3.8) is 0 Å². The molecule has 86 valence electrons. The lowest BCUT2D eigenvalue weighted by molar-refractivity contribution is -0.118. The van der Waals surface area contributed by atoms with Gasteiger partial charge in [-0.2, -0.15) is 0 Å². The lowest BCUT2D eigenvalue weighted by Gasteiger charge is -2.29. The molecular weight excluding hydrogens is 296 g/mol. The Morgan fingerprint density at radius 2 is 2.19 bits per heavy atom. The number of alkyl halides is 1. The van der Waals surface area contributed by atoms with E-state index in [1.807, 2.05) is 0 Å². The number of hydrogen-bond donors (Lipinski definition) is 0. The van der Waals surface area contributed by atoms with E-state index in [1.54, 1.807) is 11.0 Å². The fraction of sp³-hybridized carbons (Fsp3) is 0.364. The summed E-state index contributed by atoms with van der Waals surface area (Å²) in [4.78, 5) is 13.3. The zero-order valence-corrected chi connectivity index (χ0v) is 10.8. The molecule has 0 aliphatic carbocycles. The first-order valence-electron chi connectivity index (χ1n) is 4.99. The van der Waals surface area contributed by atoms with Gasteiger partial charge in [-0.1, -0.05) is 27.5 Å². The van der Waals surface area contributed by atoms with E-state index in [0.717, 1.165) is 12.8 Å². The summed E-state index contributed by atoms with van der Waals surface area (Å²) in [6.45, 7) is 0.612. The van der Waals surface area contributed by atoms with Crippen molar-refractivity contribution in [2.24, 2.45) is 0 Å². The highest BCUT2D eigenvalue weighted by Gasteiger charge is 2.27. The molecule has 1 aromatic carbocycles. The van der Waals surface area contributed by atoms with Crippen LogP contribution in [-0.2, 0) is 4.79 Å². The van der Waals surface area contributed by atoms with Crippen LogP contribution in [0.1, 0.15) is 12.8 Å². The number of hydrogen-bond acceptors (Lipinski definition) is 1. The van der Waals surface area contributed by atoms with Crippen molar-refractivity contribution in [3.8, 4) is 0 Å². The quantitative estimate of drug-likeness (QED) is 0.729. The number of halogens is 3. The van der Waals surface area contributed by atoms with Crippen molar-refractivity contribution in [3.05, 3.63) is 29.0 Å². The normalized spacial score (nSPS) is 21.3. The van der Waals surface area contributed by atoms with Crippen molar-refractivity contribution >= 4 is 39.1 Å². The number of rotatable bonds is 1. The van der Waals surface area contributed by atoms with Gasteiger partial charge in [0.15, 0.2) is 0 Å². The van der Waals surface area contributed by atoms with Gasteiger partial charge in [0.2, 0.25) is 5.91 Å². The number of carbonyl (C=O) groups excluding carboxylic acids is 1. The smallest absolute Gasteiger partial charge is 0.240 e. The number of nitrogens with zero attached hydrogens (tertiary/aromatic N) is 1. The third kappa shape index (κ3) is 2.38. The molecule has 2 rings (SSSR count). The summed E-state index contributed by atoms with van der Waals surface area (Å²) in [5.41, 5.74) is 0.527. The standard InChI is InChI=1S/C11H10BrClFNO/c12-10-2-1-3-15(11(10)16)9-5-7(13)4-8(14)6-9/h4-6,10H,1-3H2. The zero-order chi connectivity index (χ0) is 11.7. The third-order valence-electron chi connectivity index (χ3n) is 2.53. The first-order chi connectivity index (χ1) is 7.58. The molecule has 1 amide bonds. The highest BCUT2D eigenvalue weighted by atomic mass is 79.9. The van der Waals surface area contributed by atoms with Crippen molar-refractivity contribution in [2.45, 2.75) is 17.7 Å². The Kier molecular flexibility index (Phi) is 3.50. The monoisotopic (exact) mass is 305 g/mol. The molecule has 1 aliphatic rings. The van der Waals surface area contributed by atoms with E-state index in [9.17, 15) is 9.18 Å². The van der Waals surface area contributed by atoms with Crippen LogP contribution in [0.3, 0.4) is 0 Å². The van der Waals surface area contributed by atoms with Crippen LogP contribution in [-0.4, -0.2) is 17.3 Å². The lowest BCUT2D eigenvalue weighted by atomic mass is 10.1. The molecule has 0 bridgehead atoms. The number of benzene rings is 1. The van der Waals surface area contributed by atoms with Gasteiger partial charge < -0.3 is 4.90 Å². The minimum Gasteiger partial charge on any atom is -0.311 e. The van der Waals surface area contributed by atoms with Crippen LogP contribution in [0.5, 0.6) is 0 Å². The lowest BCUT2D eigenvalue weighted by Crippen LogP contribution is -2.41. The third-order valence-corrected chi connectivity index (χ3v) is 3.60. The largest absolute Gasteiger partial charge is 0.311 e. The summed E-state index contributed by atoms with van der Waals surface area (Å²) < 4.78 is 13.2. The summed E-state index contributed by atoms with van der Waals surface area (Å²) in [6, 6.07) is 4.16. The van der Waals surface area contributed by atoms with Crippen molar-refractivity contribution in [2.75, 3.05) is 11.4 Å². The van der Waals surface area contributed by atoms with Gasteiger partial charge in [0.05, 0.1) is 4.83 Å². The Labute approximate surface area is 107 Å². The van der Waals surface area contributed by atoms with Gasteiger partial charge in [0.25, 0.3) is 0 Å². The summed E-state index contributed by atoms with van der Waals surface area (Å²) in [5.74, 6) is -0.458. The fourth-order valence-electron chi connectivity index (χ4n) is 1.78. The SMILES string of the molecule is O=C1C(Br)CCCN1c1cc(F)cc(Cl)c1. The molecule has 0 spiro atoms. The highest BCUT2D eigenvalue weighted by Crippen LogP contribution is 2.27. The van der Waals surface area contributed by atoms with E-state index in [0.29, 0.717) is 17.3 Å². The molecule has 5 heteroatoms.